The third-order valence-electron chi connectivity index (χ3n) is 2.87. The van der Waals surface area contributed by atoms with Crippen molar-refractivity contribution in [1.82, 2.24) is 15.0 Å². The van der Waals surface area contributed by atoms with Gasteiger partial charge in [0.1, 0.15) is 17.5 Å². The van der Waals surface area contributed by atoms with Crippen molar-refractivity contribution in [2.24, 2.45) is 5.84 Å². The molecule has 0 aliphatic heterocycles. The molecule has 0 unspecified atom stereocenters. The third-order valence-corrected chi connectivity index (χ3v) is 3.51. The molecule has 2 heterocycles. The second-order valence-corrected chi connectivity index (χ2v) is 6.32. The fourth-order valence-corrected chi connectivity index (χ4v) is 2.22. The van der Waals surface area contributed by atoms with Gasteiger partial charge < -0.3 is 10.7 Å². The Hall–Kier alpha value is -1.73. The summed E-state index contributed by atoms with van der Waals surface area (Å²) < 4.78 is 0. The first-order valence-corrected chi connectivity index (χ1v) is 7.32. The number of thiazole rings is 1. The van der Waals surface area contributed by atoms with E-state index in [1.54, 1.807) is 11.3 Å². The lowest BCUT2D eigenvalue weighted by molar-refractivity contribution is 0.546. The van der Waals surface area contributed by atoms with Crippen molar-refractivity contribution in [2.45, 2.75) is 39.7 Å². The molecule has 0 radical (unpaired) electrons. The van der Waals surface area contributed by atoms with E-state index < -0.39 is 0 Å². The molecule has 0 bridgehead atoms. The Morgan fingerprint density at radius 3 is 2.50 bits per heavy atom. The van der Waals surface area contributed by atoms with Crippen LogP contribution in [0.3, 0.4) is 0 Å². The van der Waals surface area contributed by atoms with Crippen molar-refractivity contribution in [2.75, 3.05) is 10.7 Å². The number of hydrogen-bond acceptors (Lipinski definition) is 7. The van der Waals surface area contributed by atoms with Crippen LogP contribution in [0, 0.1) is 6.92 Å². The lowest BCUT2D eigenvalue weighted by atomic mass is 9.95. The highest BCUT2D eigenvalue weighted by atomic mass is 32.1. The maximum atomic E-state index is 5.54. The Morgan fingerprint density at radius 1 is 1.25 bits per heavy atom. The fourth-order valence-electron chi connectivity index (χ4n) is 1.66. The second kappa shape index (κ2) is 5.72. The van der Waals surface area contributed by atoms with Gasteiger partial charge in [-0.2, -0.15) is 0 Å². The topological polar surface area (TPSA) is 88.8 Å². The van der Waals surface area contributed by atoms with E-state index in [4.69, 9.17) is 5.84 Å². The third kappa shape index (κ3) is 3.23. The van der Waals surface area contributed by atoms with Crippen molar-refractivity contribution in [1.29, 1.82) is 0 Å². The van der Waals surface area contributed by atoms with E-state index in [1.807, 2.05) is 17.8 Å². The number of nitrogens with two attached hydrogens (primary N) is 1. The summed E-state index contributed by atoms with van der Waals surface area (Å²) in [5.74, 6) is 7.72. The summed E-state index contributed by atoms with van der Waals surface area (Å²) >= 11 is 1.58. The van der Waals surface area contributed by atoms with Crippen LogP contribution < -0.4 is 16.6 Å². The van der Waals surface area contributed by atoms with E-state index in [0.29, 0.717) is 12.4 Å². The van der Waals surface area contributed by atoms with Crippen LogP contribution in [0.25, 0.3) is 0 Å². The molecule has 2 aromatic heterocycles. The van der Waals surface area contributed by atoms with Crippen LogP contribution in [-0.2, 0) is 12.0 Å². The molecule has 7 heteroatoms. The average molecular weight is 292 g/mol. The standard InChI is InChI=1S/C13H20N6S/c1-8-10(15-5-9-6-20-7-16-9)17-12(13(2,3)4)18-11(8)19-14/h6-7H,5,14H2,1-4H3,(H2,15,17,18,19). The highest BCUT2D eigenvalue weighted by molar-refractivity contribution is 7.07. The number of hydrogen-bond donors (Lipinski definition) is 3. The molecule has 2 aromatic rings. The zero-order chi connectivity index (χ0) is 14.8. The number of nitrogens with zero attached hydrogens (tertiary/aromatic N) is 3. The molecule has 0 spiro atoms. The smallest absolute Gasteiger partial charge is 0.148 e. The summed E-state index contributed by atoms with van der Waals surface area (Å²) in [7, 11) is 0. The summed E-state index contributed by atoms with van der Waals surface area (Å²) in [4.78, 5) is 13.3. The van der Waals surface area contributed by atoms with Gasteiger partial charge in [0, 0.05) is 16.4 Å². The summed E-state index contributed by atoms with van der Waals surface area (Å²) in [6, 6.07) is 0. The predicted octanol–water partition coefficient (Wildman–Crippen LogP) is 2.44. The van der Waals surface area contributed by atoms with Crippen molar-refractivity contribution in [3.05, 3.63) is 28.0 Å². The predicted molar refractivity (Wildman–Crippen MR) is 82.7 cm³/mol. The van der Waals surface area contributed by atoms with E-state index in [1.165, 1.54) is 0 Å². The van der Waals surface area contributed by atoms with Crippen LogP contribution in [-0.4, -0.2) is 15.0 Å². The van der Waals surface area contributed by atoms with Gasteiger partial charge in [-0.1, -0.05) is 20.8 Å². The van der Waals surface area contributed by atoms with Gasteiger partial charge in [-0.3, -0.25) is 0 Å². The van der Waals surface area contributed by atoms with Gasteiger partial charge in [0.2, 0.25) is 0 Å². The van der Waals surface area contributed by atoms with Gasteiger partial charge in [-0.05, 0) is 6.92 Å². The molecule has 0 saturated heterocycles. The SMILES string of the molecule is Cc1c(NN)nc(C(C)(C)C)nc1NCc1cscn1. The molecule has 20 heavy (non-hydrogen) atoms. The van der Waals surface area contributed by atoms with E-state index in [-0.39, 0.29) is 5.41 Å². The van der Waals surface area contributed by atoms with Crippen LogP contribution in [0.5, 0.6) is 0 Å². The minimum atomic E-state index is -0.142. The van der Waals surface area contributed by atoms with Gasteiger partial charge in [0.05, 0.1) is 17.7 Å². The molecular weight excluding hydrogens is 272 g/mol. The first kappa shape index (κ1) is 14.7. The lowest BCUT2D eigenvalue weighted by Gasteiger charge is -2.20. The van der Waals surface area contributed by atoms with Crippen LogP contribution in [0.15, 0.2) is 10.9 Å². The van der Waals surface area contributed by atoms with Crippen LogP contribution >= 0.6 is 11.3 Å². The van der Waals surface area contributed by atoms with Gasteiger partial charge in [0.15, 0.2) is 0 Å². The number of rotatable bonds is 4. The average Bonchev–Trinajstić information content (AvgIpc) is 2.89. The summed E-state index contributed by atoms with van der Waals surface area (Å²) in [5.41, 5.74) is 6.20. The monoisotopic (exact) mass is 292 g/mol. The number of nitrogens with one attached hydrogen (secondary N) is 2. The highest BCUT2D eigenvalue weighted by Crippen LogP contribution is 2.26. The van der Waals surface area contributed by atoms with E-state index >= 15 is 0 Å². The van der Waals surface area contributed by atoms with Gasteiger partial charge in [-0.25, -0.2) is 20.8 Å². The minimum Gasteiger partial charge on any atom is -0.364 e. The number of aromatic nitrogens is 3. The summed E-state index contributed by atoms with van der Waals surface area (Å²) in [6.45, 7) is 8.78. The van der Waals surface area contributed by atoms with Crippen LogP contribution in [0.2, 0.25) is 0 Å². The molecular formula is C13H20N6S. The molecule has 0 amide bonds. The van der Waals surface area contributed by atoms with E-state index in [0.717, 1.165) is 22.9 Å². The Labute approximate surface area is 122 Å². The number of nitrogen functional groups attached to an aromatic ring is 1. The Balaban J connectivity index is 2.30. The number of hydrazine groups is 1. The summed E-state index contributed by atoms with van der Waals surface area (Å²) in [6.07, 6.45) is 0. The van der Waals surface area contributed by atoms with Crippen LogP contribution in [0.4, 0.5) is 11.6 Å². The molecule has 0 aliphatic carbocycles. The second-order valence-electron chi connectivity index (χ2n) is 5.60. The molecule has 0 atom stereocenters. The highest BCUT2D eigenvalue weighted by Gasteiger charge is 2.21. The van der Waals surface area contributed by atoms with Crippen molar-refractivity contribution >= 4 is 23.0 Å². The van der Waals surface area contributed by atoms with Crippen molar-refractivity contribution in [3.63, 3.8) is 0 Å². The maximum Gasteiger partial charge on any atom is 0.148 e. The molecule has 0 aromatic carbocycles. The van der Waals surface area contributed by atoms with Gasteiger partial charge in [0.25, 0.3) is 0 Å². The van der Waals surface area contributed by atoms with E-state index in [2.05, 4.69) is 46.5 Å². The summed E-state index contributed by atoms with van der Waals surface area (Å²) in [5, 5.41) is 5.31. The molecule has 0 saturated carbocycles. The molecule has 108 valence electrons. The lowest BCUT2D eigenvalue weighted by Crippen LogP contribution is -2.21. The molecule has 6 nitrogen and oxygen atoms in total. The zero-order valence-electron chi connectivity index (χ0n) is 12.2. The van der Waals surface area contributed by atoms with Crippen molar-refractivity contribution < 1.29 is 0 Å². The van der Waals surface area contributed by atoms with Crippen molar-refractivity contribution in [3.8, 4) is 0 Å². The molecule has 0 fully saturated rings. The largest absolute Gasteiger partial charge is 0.364 e. The Bertz CT molecular complexity index is 573. The maximum absolute atomic E-state index is 5.54. The normalized spacial score (nSPS) is 11.4. The van der Waals surface area contributed by atoms with Gasteiger partial charge >= 0.3 is 0 Å². The van der Waals surface area contributed by atoms with E-state index in [9.17, 15) is 0 Å². The molecule has 4 N–H and O–H groups in total. The van der Waals surface area contributed by atoms with Gasteiger partial charge in [-0.15, -0.1) is 11.3 Å². The first-order chi connectivity index (χ1) is 9.41. The Morgan fingerprint density at radius 2 is 1.95 bits per heavy atom. The minimum absolute atomic E-state index is 0.142. The quantitative estimate of drug-likeness (QED) is 0.592. The van der Waals surface area contributed by atoms with Crippen LogP contribution in [0.1, 0.15) is 37.9 Å². The number of anilines is 2. The Kier molecular flexibility index (Phi) is 4.20. The zero-order valence-corrected chi connectivity index (χ0v) is 13.0. The molecule has 2 rings (SSSR count). The first-order valence-electron chi connectivity index (χ1n) is 6.38. The molecule has 0 aliphatic rings. The fraction of sp³-hybridized carbons (Fsp3) is 0.462.